The zero-order chi connectivity index (χ0) is 15.5. The Hall–Kier alpha value is -2.02. The normalized spacial score (nSPS) is 11.2. The fraction of sp³-hybridized carbons (Fsp3) is 0.214. The Morgan fingerprint density at radius 1 is 1.29 bits per heavy atom. The molecule has 2 N–H and O–H groups in total. The molecule has 0 saturated heterocycles. The second-order valence-corrected chi connectivity index (χ2v) is 5.30. The maximum atomic E-state index is 12.7. The van der Waals surface area contributed by atoms with Crippen molar-refractivity contribution in [3.63, 3.8) is 0 Å². The Balaban J connectivity index is 2.21. The molecule has 0 unspecified atom stereocenters. The van der Waals surface area contributed by atoms with E-state index in [2.05, 4.69) is 10.6 Å². The van der Waals surface area contributed by atoms with Gasteiger partial charge in [-0.2, -0.15) is 13.2 Å². The number of amides is 1. The molecule has 2 aromatic rings. The van der Waals surface area contributed by atoms with Crippen LogP contribution in [0.2, 0.25) is 0 Å². The van der Waals surface area contributed by atoms with Crippen LogP contribution in [0, 0.1) is 0 Å². The molecular formula is C14H13F3N2OS. The average molecular weight is 314 g/mol. The fourth-order valence-electron chi connectivity index (χ4n) is 1.80. The van der Waals surface area contributed by atoms with Crippen LogP contribution in [0.5, 0.6) is 0 Å². The number of halogens is 3. The first kappa shape index (κ1) is 15.4. The highest BCUT2D eigenvalue weighted by molar-refractivity contribution is 7.09. The molecule has 0 aliphatic carbocycles. The van der Waals surface area contributed by atoms with Crippen molar-refractivity contribution in [3.8, 4) is 0 Å². The van der Waals surface area contributed by atoms with Gasteiger partial charge in [-0.15, -0.1) is 11.3 Å². The van der Waals surface area contributed by atoms with Gasteiger partial charge in [0.2, 0.25) is 0 Å². The molecule has 0 aliphatic heterocycles. The van der Waals surface area contributed by atoms with E-state index < -0.39 is 17.6 Å². The number of hydrogen-bond donors (Lipinski definition) is 2. The van der Waals surface area contributed by atoms with Gasteiger partial charge in [-0.25, -0.2) is 0 Å². The summed E-state index contributed by atoms with van der Waals surface area (Å²) in [5.74, 6) is -0.543. The number of alkyl halides is 3. The van der Waals surface area contributed by atoms with Gasteiger partial charge in [-0.1, -0.05) is 6.07 Å². The molecule has 2 rings (SSSR count). The van der Waals surface area contributed by atoms with Gasteiger partial charge in [-0.3, -0.25) is 4.79 Å². The second-order valence-electron chi connectivity index (χ2n) is 4.27. The van der Waals surface area contributed by atoms with Crippen molar-refractivity contribution in [1.82, 2.24) is 5.32 Å². The average Bonchev–Trinajstić information content (AvgIpc) is 2.96. The number of nitrogens with one attached hydrogen (secondary N) is 2. The third kappa shape index (κ3) is 3.75. The number of carbonyl (C=O) groups excluding carboxylic acids is 1. The summed E-state index contributed by atoms with van der Waals surface area (Å²) in [7, 11) is 1.55. The van der Waals surface area contributed by atoms with E-state index in [4.69, 9.17) is 0 Å². The topological polar surface area (TPSA) is 41.1 Å². The number of carbonyl (C=O) groups is 1. The summed E-state index contributed by atoms with van der Waals surface area (Å²) in [4.78, 5) is 13.0. The molecule has 0 bridgehead atoms. The van der Waals surface area contributed by atoms with Crippen LogP contribution < -0.4 is 10.6 Å². The highest BCUT2D eigenvalue weighted by atomic mass is 32.1. The van der Waals surface area contributed by atoms with Crippen molar-refractivity contribution in [3.05, 3.63) is 51.7 Å². The third-order valence-electron chi connectivity index (χ3n) is 2.86. The van der Waals surface area contributed by atoms with Crippen LogP contribution in [0.4, 0.5) is 18.9 Å². The predicted octanol–water partition coefficient (Wildman–Crippen LogP) is 3.74. The Bertz CT molecular complexity index is 624. The molecule has 1 aromatic carbocycles. The Morgan fingerprint density at radius 3 is 2.62 bits per heavy atom. The highest BCUT2D eigenvalue weighted by Crippen LogP contribution is 2.31. The number of rotatable bonds is 4. The lowest BCUT2D eigenvalue weighted by Gasteiger charge is -2.13. The summed E-state index contributed by atoms with van der Waals surface area (Å²) in [6.07, 6.45) is -4.48. The largest absolute Gasteiger partial charge is 0.416 e. The Kier molecular flexibility index (Phi) is 4.52. The van der Waals surface area contributed by atoms with Crippen LogP contribution in [0.3, 0.4) is 0 Å². The van der Waals surface area contributed by atoms with Crippen molar-refractivity contribution in [2.75, 3.05) is 12.4 Å². The molecule has 3 nitrogen and oxygen atoms in total. The summed E-state index contributed by atoms with van der Waals surface area (Å²) in [5, 5.41) is 7.21. The molecule has 0 saturated carbocycles. The summed E-state index contributed by atoms with van der Waals surface area (Å²) < 4.78 is 38.2. The molecule has 21 heavy (non-hydrogen) atoms. The molecule has 0 fully saturated rings. The van der Waals surface area contributed by atoms with Crippen LogP contribution in [0.25, 0.3) is 0 Å². The molecule has 0 atom stereocenters. The molecular weight excluding hydrogens is 301 g/mol. The first-order chi connectivity index (χ1) is 9.91. The van der Waals surface area contributed by atoms with Crippen molar-refractivity contribution in [2.24, 2.45) is 0 Å². The van der Waals surface area contributed by atoms with Gasteiger partial charge >= 0.3 is 6.18 Å². The SMILES string of the molecule is CNc1ccc(C(F)(F)F)cc1C(=O)NCc1cccs1. The second kappa shape index (κ2) is 6.17. The van der Waals surface area contributed by atoms with Gasteiger partial charge in [0, 0.05) is 17.6 Å². The number of anilines is 1. The van der Waals surface area contributed by atoms with Gasteiger partial charge in [0.1, 0.15) is 0 Å². The molecule has 0 radical (unpaired) electrons. The minimum absolute atomic E-state index is 0.0242. The Morgan fingerprint density at radius 2 is 2.05 bits per heavy atom. The Labute approximate surface area is 123 Å². The smallest absolute Gasteiger partial charge is 0.387 e. The van der Waals surface area contributed by atoms with Crippen LogP contribution >= 0.6 is 11.3 Å². The van der Waals surface area contributed by atoms with Gasteiger partial charge in [0.05, 0.1) is 17.7 Å². The maximum Gasteiger partial charge on any atom is 0.416 e. The van der Waals surface area contributed by atoms with Crippen LogP contribution in [0.1, 0.15) is 20.8 Å². The molecule has 1 heterocycles. The number of thiophene rings is 1. The molecule has 112 valence electrons. The standard InChI is InChI=1S/C14H13F3N2OS/c1-18-12-5-4-9(14(15,16)17)7-11(12)13(20)19-8-10-3-2-6-21-10/h2-7,18H,8H2,1H3,(H,19,20). The predicted molar refractivity (Wildman–Crippen MR) is 76.5 cm³/mol. The lowest BCUT2D eigenvalue weighted by atomic mass is 10.1. The van der Waals surface area contributed by atoms with E-state index in [1.165, 1.54) is 17.4 Å². The van der Waals surface area contributed by atoms with Gasteiger partial charge < -0.3 is 10.6 Å². The summed E-state index contributed by atoms with van der Waals surface area (Å²) in [6.45, 7) is 0.288. The van der Waals surface area contributed by atoms with Gasteiger partial charge in [0.15, 0.2) is 0 Å². The van der Waals surface area contributed by atoms with E-state index >= 15 is 0 Å². The van der Waals surface area contributed by atoms with E-state index in [9.17, 15) is 18.0 Å². The highest BCUT2D eigenvalue weighted by Gasteiger charge is 2.31. The van der Waals surface area contributed by atoms with Crippen molar-refractivity contribution >= 4 is 22.9 Å². The van der Waals surface area contributed by atoms with E-state index in [1.54, 1.807) is 7.05 Å². The van der Waals surface area contributed by atoms with Crippen molar-refractivity contribution < 1.29 is 18.0 Å². The lowest BCUT2D eigenvalue weighted by molar-refractivity contribution is -0.137. The summed E-state index contributed by atoms with van der Waals surface area (Å²) in [6, 6.07) is 6.74. The fourth-order valence-corrected chi connectivity index (χ4v) is 2.45. The minimum atomic E-state index is -4.48. The first-order valence-electron chi connectivity index (χ1n) is 6.11. The first-order valence-corrected chi connectivity index (χ1v) is 6.99. The molecule has 0 spiro atoms. The van der Waals surface area contributed by atoms with E-state index in [-0.39, 0.29) is 12.1 Å². The van der Waals surface area contributed by atoms with Crippen molar-refractivity contribution in [2.45, 2.75) is 12.7 Å². The van der Waals surface area contributed by atoms with E-state index in [1.807, 2.05) is 17.5 Å². The van der Waals surface area contributed by atoms with E-state index in [0.717, 1.165) is 17.0 Å². The molecule has 1 amide bonds. The third-order valence-corrected chi connectivity index (χ3v) is 3.74. The molecule has 0 aliphatic rings. The van der Waals surface area contributed by atoms with Crippen LogP contribution in [0.15, 0.2) is 35.7 Å². The maximum absolute atomic E-state index is 12.7. The van der Waals surface area contributed by atoms with Gasteiger partial charge in [-0.05, 0) is 29.6 Å². The van der Waals surface area contributed by atoms with Crippen LogP contribution in [-0.4, -0.2) is 13.0 Å². The summed E-state index contributed by atoms with van der Waals surface area (Å²) in [5.41, 5.74) is -0.515. The lowest BCUT2D eigenvalue weighted by Crippen LogP contribution is -2.24. The number of hydrogen-bond acceptors (Lipinski definition) is 3. The quantitative estimate of drug-likeness (QED) is 0.902. The van der Waals surface area contributed by atoms with Crippen LogP contribution in [-0.2, 0) is 12.7 Å². The zero-order valence-electron chi connectivity index (χ0n) is 11.1. The van der Waals surface area contributed by atoms with E-state index in [0.29, 0.717) is 5.69 Å². The molecule has 7 heteroatoms. The minimum Gasteiger partial charge on any atom is -0.387 e. The summed E-state index contributed by atoms with van der Waals surface area (Å²) >= 11 is 1.47. The monoisotopic (exact) mass is 314 g/mol. The van der Waals surface area contributed by atoms with Gasteiger partial charge in [0.25, 0.3) is 5.91 Å². The van der Waals surface area contributed by atoms with Crippen molar-refractivity contribution in [1.29, 1.82) is 0 Å². The zero-order valence-corrected chi connectivity index (χ0v) is 11.9. The number of benzene rings is 1. The molecule has 1 aromatic heterocycles.